The number of anilines is 1. The number of benzene rings is 2. The number of carbonyl (C=O) groups is 1. The number of methoxy groups -OCH3 is 2. The van der Waals surface area contributed by atoms with Gasteiger partial charge in [-0.15, -0.1) is 0 Å². The van der Waals surface area contributed by atoms with Crippen molar-refractivity contribution in [3.05, 3.63) is 53.1 Å². The molecule has 2 aromatic rings. The average Bonchev–Trinajstić information content (AvgIpc) is 2.65. The fourth-order valence-electron chi connectivity index (χ4n) is 2.76. The molecule has 7 nitrogen and oxygen atoms in total. The van der Waals surface area contributed by atoms with Crippen molar-refractivity contribution in [2.45, 2.75) is 13.0 Å². The minimum absolute atomic E-state index is 0.192. The predicted molar refractivity (Wildman–Crippen MR) is 110 cm³/mol. The van der Waals surface area contributed by atoms with Crippen molar-refractivity contribution in [1.29, 1.82) is 0 Å². The van der Waals surface area contributed by atoms with Crippen LogP contribution in [0.25, 0.3) is 0 Å². The van der Waals surface area contributed by atoms with Crippen LogP contribution in [-0.4, -0.2) is 41.3 Å². The van der Waals surface area contributed by atoms with Crippen LogP contribution in [-0.2, 0) is 14.8 Å². The Balaban J connectivity index is 2.26. The van der Waals surface area contributed by atoms with Crippen molar-refractivity contribution >= 4 is 33.2 Å². The quantitative estimate of drug-likeness (QED) is 0.701. The van der Waals surface area contributed by atoms with Crippen molar-refractivity contribution in [3.63, 3.8) is 0 Å². The van der Waals surface area contributed by atoms with Crippen molar-refractivity contribution in [2.75, 3.05) is 31.3 Å². The lowest BCUT2D eigenvalue weighted by atomic mass is 10.1. The zero-order chi connectivity index (χ0) is 20.9. The third-order valence-corrected chi connectivity index (χ3v) is 5.44. The Bertz CT molecular complexity index is 949. The molecule has 0 aliphatic rings. The molecule has 0 aromatic heterocycles. The monoisotopic (exact) mass is 426 g/mol. The normalized spacial score (nSPS) is 12.2. The molecule has 9 heteroatoms. The Morgan fingerprint density at radius 2 is 1.79 bits per heavy atom. The second kappa shape index (κ2) is 9.16. The molecule has 0 bridgehead atoms. The number of nitrogens with zero attached hydrogens (tertiary/aromatic N) is 1. The molecular weight excluding hydrogens is 404 g/mol. The van der Waals surface area contributed by atoms with Gasteiger partial charge in [-0.25, -0.2) is 8.42 Å². The van der Waals surface area contributed by atoms with E-state index < -0.39 is 22.5 Å². The molecule has 2 rings (SSSR count). The highest BCUT2D eigenvalue weighted by Crippen LogP contribution is 2.32. The number of carbonyl (C=O) groups excluding carboxylic acids is 1. The second-order valence-electron chi connectivity index (χ2n) is 6.12. The van der Waals surface area contributed by atoms with E-state index in [1.807, 2.05) is 18.2 Å². The molecule has 0 radical (unpaired) electrons. The molecule has 0 aliphatic carbocycles. The fourth-order valence-corrected chi connectivity index (χ4v) is 3.78. The van der Waals surface area contributed by atoms with Crippen LogP contribution in [0, 0.1) is 0 Å². The van der Waals surface area contributed by atoms with Crippen LogP contribution in [0.1, 0.15) is 18.5 Å². The number of sulfonamides is 1. The molecule has 0 fully saturated rings. The van der Waals surface area contributed by atoms with Gasteiger partial charge in [-0.05, 0) is 31.2 Å². The summed E-state index contributed by atoms with van der Waals surface area (Å²) in [5.41, 5.74) is 0.974. The van der Waals surface area contributed by atoms with Crippen molar-refractivity contribution in [3.8, 4) is 11.5 Å². The maximum atomic E-state index is 12.6. The lowest BCUT2D eigenvalue weighted by molar-refractivity contribution is -0.120. The van der Waals surface area contributed by atoms with Gasteiger partial charge in [0.05, 0.1) is 32.2 Å². The van der Waals surface area contributed by atoms with Gasteiger partial charge in [-0.3, -0.25) is 9.10 Å². The molecule has 0 saturated heterocycles. The van der Waals surface area contributed by atoms with Crippen molar-refractivity contribution in [1.82, 2.24) is 5.32 Å². The SMILES string of the molecule is COc1ccccc1[C@@H](C)NC(=O)CN(c1cc(Cl)ccc1OC)S(C)(=O)=O. The summed E-state index contributed by atoms with van der Waals surface area (Å²) < 4.78 is 36.2. The zero-order valence-electron chi connectivity index (χ0n) is 16.1. The molecule has 0 heterocycles. The highest BCUT2D eigenvalue weighted by atomic mass is 35.5. The number of nitrogens with one attached hydrogen (secondary N) is 1. The first-order valence-corrected chi connectivity index (χ1v) is 10.6. The predicted octanol–water partition coefficient (Wildman–Crippen LogP) is 3.00. The summed E-state index contributed by atoms with van der Waals surface area (Å²) >= 11 is 6.01. The average molecular weight is 427 g/mol. The number of ether oxygens (including phenoxy) is 2. The maximum Gasteiger partial charge on any atom is 0.241 e. The van der Waals surface area contributed by atoms with Gasteiger partial charge in [-0.1, -0.05) is 29.8 Å². The second-order valence-corrected chi connectivity index (χ2v) is 8.46. The maximum absolute atomic E-state index is 12.6. The Labute approximate surface area is 170 Å². The lowest BCUT2D eigenvalue weighted by Crippen LogP contribution is -2.41. The first kappa shape index (κ1) is 21.8. The molecule has 0 aliphatic heterocycles. The molecular formula is C19H23ClN2O5S. The topological polar surface area (TPSA) is 84.9 Å². The molecule has 1 atom stereocenters. The van der Waals surface area contributed by atoms with E-state index >= 15 is 0 Å². The molecule has 28 heavy (non-hydrogen) atoms. The van der Waals surface area contributed by atoms with Gasteiger partial charge in [0.2, 0.25) is 15.9 Å². The number of halogens is 1. The molecule has 1 amide bonds. The minimum atomic E-state index is -3.77. The standard InChI is InChI=1S/C19H23ClN2O5S/c1-13(15-7-5-6-8-17(15)26-2)21-19(23)12-22(28(4,24)25)16-11-14(20)9-10-18(16)27-3/h5-11,13H,12H2,1-4H3,(H,21,23)/t13-/m1/s1. The number of para-hydroxylation sites is 1. The van der Waals surface area contributed by atoms with Crippen LogP contribution >= 0.6 is 11.6 Å². The van der Waals surface area contributed by atoms with E-state index in [9.17, 15) is 13.2 Å². The van der Waals surface area contributed by atoms with Gasteiger partial charge in [0.25, 0.3) is 0 Å². The number of hydrogen-bond donors (Lipinski definition) is 1. The van der Waals surface area contributed by atoms with Crippen LogP contribution in [0.3, 0.4) is 0 Å². The van der Waals surface area contributed by atoms with Gasteiger partial charge in [0.15, 0.2) is 0 Å². The smallest absolute Gasteiger partial charge is 0.241 e. The van der Waals surface area contributed by atoms with E-state index in [4.69, 9.17) is 21.1 Å². The molecule has 152 valence electrons. The van der Waals surface area contributed by atoms with Gasteiger partial charge in [0.1, 0.15) is 18.0 Å². The Morgan fingerprint density at radius 1 is 1.14 bits per heavy atom. The van der Waals surface area contributed by atoms with E-state index in [2.05, 4.69) is 5.32 Å². The Kier molecular flexibility index (Phi) is 7.15. The van der Waals surface area contributed by atoms with E-state index in [-0.39, 0.29) is 11.7 Å². The minimum Gasteiger partial charge on any atom is -0.496 e. The van der Waals surface area contributed by atoms with Crippen LogP contribution in [0.2, 0.25) is 5.02 Å². The molecule has 0 spiro atoms. The Morgan fingerprint density at radius 3 is 2.39 bits per heavy atom. The first-order valence-electron chi connectivity index (χ1n) is 8.41. The summed E-state index contributed by atoms with van der Waals surface area (Å²) in [7, 11) is -0.807. The number of amides is 1. The van der Waals surface area contributed by atoms with Gasteiger partial charge in [0, 0.05) is 10.6 Å². The molecule has 0 saturated carbocycles. The fraction of sp³-hybridized carbons (Fsp3) is 0.316. The third-order valence-electron chi connectivity index (χ3n) is 4.08. The van der Waals surface area contributed by atoms with Gasteiger partial charge < -0.3 is 14.8 Å². The highest BCUT2D eigenvalue weighted by molar-refractivity contribution is 7.92. The van der Waals surface area contributed by atoms with Crippen LogP contribution in [0.15, 0.2) is 42.5 Å². The van der Waals surface area contributed by atoms with Crippen molar-refractivity contribution in [2.24, 2.45) is 0 Å². The summed E-state index contributed by atoms with van der Waals surface area (Å²) in [6.07, 6.45) is 1.02. The largest absolute Gasteiger partial charge is 0.496 e. The summed E-state index contributed by atoms with van der Waals surface area (Å²) in [6, 6.07) is 11.5. The molecule has 2 aromatic carbocycles. The molecule has 0 unspecified atom stereocenters. The van der Waals surface area contributed by atoms with Gasteiger partial charge in [-0.2, -0.15) is 0 Å². The third kappa shape index (κ3) is 5.30. The zero-order valence-corrected chi connectivity index (χ0v) is 17.7. The van der Waals surface area contributed by atoms with Crippen LogP contribution < -0.4 is 19.1 Å². The molecule has 1 N–H and O–H groups in total. The van der Waals surface area contributed by atoms with Gasteiger partial charge >= 0.3 is 0 Å². The first-order chi connectivity index (χ1) is 13.2. The van der Waals surface area contributed by atoms with Crippen LogP contribution in [0.5, 0.6) is 11.5 Å². The number of hydrogen-bond acceptors (Lipinski definition) is 5. The van der Waals surface area contributed by atoms with Crippen molar-refractivity contribution < 1.29 is 22.7 Å². The lowest BCUT2D eigenvalue weighted by Gasteiger charge is -2.25. The van der Waals surface area contributed by atoms with E-state index in [0.717, 1.165) is 16.1 Å². The summed E-state index contributed by atoms with van der Waals surface area (Å²) in [5, 5.41) is 3.12. The van der Waals surface area contributed by atoms with E-state index in [1.54, 1.807) is 32.2 Å². The van der Waals surface area contributed by atoms with E-state index in [0.29, 0.717) is 16.5 Å². The van der Waals surface area contributed by atoms with E-state index in [1.165, 1.54) is 13.2 Å². The van der Waals surface area contributed by atoms with Crippen LogP contribution in [0.4, 0.5) is 5.69 Å². The summed E-state index contributed by atoms with van der Waals surface area (Å²) in [4.78, 5) is 12.6. The summed E-state index contributed by atoms with van der Waals surface area (Å²) in [5.74, 6) is 0.443. The summed E-state index contributed by atoms with van der Waals surface area (Å²) in [6.45, 7) is 1.37. The Hall–Kier alpha value is -2.45. The highest BCUT2D eigenvalue weighted by Gasteiger charge is 2.25. The number of rotatable bonds is 8.